The molecule has 1 aliphatic rings. The van der Waals surface area contributed by atoms with Crippen LogP contribution >= 0.6 is 0 Å². The predicted molar refractivity (Wildman–Crippen MR) is 97.3 cm³/mol. The van der Waals surface area contributed by atoms with Gasteiger partial charge in [-0.15, -0.1) is 0 Å². The Morgan fingerprint density at radius 1 is 1.25 bits per heavy atom. The van der Waals surface area contributed by atoms with Gasteiger partial charge in [0, 0.05) is 18.1 Å². The molecule has 0 radical (unpaired) electrons. The molecule has 1 atom stereocenters. The molecule has 122 valence electrons. The number of hydrogen-bond acceptors (Lipinski definition) is 6. The van der Waals surface area contributed by atoms with Crippen LogP contribution in [0.25, 0.3) is 10.9 Å². The lowest BCUT2D eigenvalue weighted by molar-refractivity contribution is 0.833. The summed E-state index contributed by atoms with van der Waals surface area (Å²) in [7, 11) is 0. The zero-order valence-electron chi connectivity index (χ0n) is 13.8. The largest absolute Gasteiger partial charge is 0.366 e. The molecule has 0 saturated carbocycles. The number of anilines is 3. The molecule has 0 bridgehead atoms. The zero-order valence-corrected chi connectivity index (χ0v) is 13.8. The minimum atomic E-state index is 0.0673. The monoisotopic (exact) mass is 320 g/mol. The average Bonchev–Trinajstić information content (AvgIpc) is 3.03. The van der Waals surface area contributed by atoms with Crippen LogP contribution in [0.3, 0.4) is 0 Å². The number of aromatic nitrogens is 3. The van der Waals surface area contributed by atoms with Crippen LogP contribution in [0.2, 0.25) is 0 Å². The Kier molecular flexibility index (Phi) is 3.65. The van der Waals surface area contributed by atoms with E-state index in [2.05, 4.69) is 56.5 Å². The Labute approximate surface area is 141 Å². The molecule has 6 heteroatoms. The first-order chi connectivity index (χ1) is 11.8. The summed E-state index contributed by atoms with van der Waals surface area (Å²) in [5, 5.41) is 7.92. The van der Waals surface area contributed by atoms with Gasteiger partial charge in [0.05, 0.1) is 35.3 Å². The van der Waals surface area contributed by atoms with Gasteiger partial charge in [0.2, 0.25) is 0 Å². The van der Waals surface area contributed by atoms with E-state index in [0.717, 1.165) is 41.3 Å². The van der Waals surface area contributed by atoms with Gasteiger partial charge >= 0.3 is 0 Å². The molecule has 4 rings (SSSR count). The van der Waals surface area contributed by atoms with Crippen molar-refractivity contribution >= 4 is 28.1 Å². The van der Waals surface area contributed by atoms with E-state index in [-0.39, 0.29) is 6.04 Å². The van der Waals surface area contributed by atoms with E-state index in [9.17, 15) is 0 Å². The minimum absolute atomic E-state index is 0.0673. The van der Waals surface area contributed by atoms with Crippen molar-refractivity contribution in [1.82, 2.24) is 15.0 Å². The minimum Gasteiger partial charge on any atom is -0.366 e. The Morgan fingerprint density at radius 2 is 2.17 bits per heavy atom. The Balaban J connectivity index is 1.72. The second-order valence-electron chi connectivity index (χ2n) is 5.92. The van der Waals surface area contributed by atoms with Crippen LogP contribution in [0.15, 0.2) is 42.9 Å². The van der Waals surface area contributed by atoms with Crippen molar-refractivity contribution in [3.05, 3.63) is 48.5 Å². The number of rotatable bonds is 4. The summed E-state index contributed by atoms with van der Waals surface area (Å²) in [4.78, 5) is 15.6. The van der Waals surface area contributed by atoms with Crippen molar-refractivity contribution in [2.75, 3.05) is 28.7 Å². The SMILES string of the molecule is CCN1CNc2cc3c(NC(C)c4ccccn4)ncnc3cc21. The van der Waals surface area contributed by atoms with E-state index in [0.29, 0.717) is 0 Å². The van der Waals surface area contributed by atoms with Crippen molar-refractivity contribution in [2.45, 2.75) is 19.9 Å². The maximum atomic E-state index is 4.45. The normalized spacial score (nSPS) is 14.3. The quantitative estimate of drug-likeness (QED) is 0.768. The third kappa shape index (κ3) is 2.50. The van der Waals surface area contributed by atoms with E-state index in [1.807, 2.05) is 24.4 Å². The molecule has 3 aromatic rings. The van der Waals surface area contributed by atoms with E-state index in [1.165, 1.54) is 5.69 Å². The maximum Gasteiger partial charge on any atom is 0.137 e. The van der Waals surface area contributed by atoms with E-state index in [1.54, 1.807) is 6.33 Å². The highest BCUT2D eigenvalue weighted by atomic mass is 15.3. The molecule has 0 fully saturated rings. The Hall–Kier alpha value is -2.89. The molecule has 1 aromatic carbocycles. The third-order valence-electron chi connectivity index (χ3n) is 4.42. The molecular weight excluding hydrogens is 300 g/mol. The standard InChI is InChI=1S/C18H20N6/c1-3-24-11-22-16-8-13-15(9-17(16)24)20-10-21-18(13)23-12(2)14-6-4-5-7-19-14/h4-10,12,22H,3,11H2,1-2H3,(H,20,21,23). The summed E-state index contributed by atoms with van der Waals surface area (Å²) < 4.78 is 0. The van der Waals surface area contributed by atoms with Crippen LogP contribution in [0.4, 0.5) is 17.2 Å². The van der Waals surface area contributed by atoms with Crippen molar-refractivity contribution in [3.63, 3.8) is 0 Å². The van der Waals surface area contributed by atoms with Crippen molar-refractivity contribution < 1.29 is 0 Å². The molecule has 6 nitrogen and oxygen atoms in total. The first-order valence-corrected chi connectivity index (χ1v) is 8.21. The Bertz CT molecular complexity index is 864. The fraction of sp³-hybridized carbons (Fsp3) is 0.278. The molecular formula is C18H20N6. The summed E-state index contributed by atoms with van der Waals surface area (Å²) in [6, 6.07) is 10.3. The fourth-order valence-corrected chi connectivity index (χ4v) is 3.07. The predicted octanol–water partition coefficient (Wildman–Crippen LogP) is 3.41. The van der Waals surface area contributed by atoms with Gasteiger partial charge in [0.15, 0.2) is 0 Å². The molecule has 0 saturated heterocycles. The number of nitrogens with one attached hydrogen (secondary N) is 2. The molecule has 1 aliphatic heterocycles. The molecule has 2 N–H and O–H groups in total. The van der Waals surface area contributed by atoms with Gasteiger partial charge in [0.1, 0.15) is 12.1 Å². The number of pyridine rings is 1. The van der Waals surface area contributed by atoms with Crippen LogP contribution in [-0.2, 0) is 0 Å². The molecule has 2 aromatic heterocycles. The van der Waals surface area contributed by atoms with Gasteiger partial charge in [-0.3, -0.25) is 4.98 Å². The molecule has 3 heterocycles. The zero-order chi connectivity index (χ0) is 16.5. The van der Waals surface area contributed by atoms with Crippen LogP contribution in [0, 0.1) is 0 Å². The lowest BCUT2D eigenvalue weighted by Gasteiger charge is -2.17. The highest BCUT2D eigenvalue weighted by Gasteiger charge is 2.19. The lowest BCUT2D eigenvalue weighted by Crippen LogP contribution is -2.21. The van der Waals surface area contributed by atoms with Gasteiger partial charge in [-0.2, -0.15) is 0 Å². The second kappa shape index (κ2) is 5.96. The smallest absolute Gasteiger partial charge is 0.137 e. The van der Waals surface area contributed by atoms with Crippen LogP contribution in [0.1, 0.15) is 25.6 Å². The molecule has 0 amide bonds. The van der Waals surface area contributed by atoms with E-state index >= 15 is 0 Å². The second-order valence-corrected chi connectivity index (χ2v) is 5.92. The maximum absolute atomic E-state index is 4.45. The lowest BCUT2D eigenvalue weighted by atomic mass is 10.1. The molecule has 1 unspecified atom stereocenters. The van der Waals surface area contributed by atoms with Gasteiger partial charge in [-0.05, 0) is 38.1 Å². The number of nitrogens with zero attached hydrogens (tertiary/aromatic N) is 4. The summed E-state index contributed by atoms with van der Waals surface area (Å²) >= 11 is 0. The third-order valence-corrected chi connectivity index (χ3v) is 4.42. The highest BCUT2D eigenvalue weighted by Crippen LogP contribution is 2.36. The summed E-state index contributed by atoms with van der Waals surface area (Å²) in [5.74, 6) is 0.831. The summed E-state index contributed by atoms with van der Waals surface area (Å²) in [5.41, 5.74) is 4.27. The van der Waals surface area contributed by atoms with Crippen molar-refractivity contribution in [3.8, 4) is 0 Å². The van der Waals surface area contributed by atoms with Gasteiger partial charge in [0.25, 0.3) is 0 Å². The first kappa shape index (κ1) is 14.7. The van der Waals surface area contributed by atoms with E-state index < -0.39 is 0 Å². The molecule has 0 aliphatic carbocycles. The number of hydrogen-bond donors (Lipinski definition) is 2. The summed E-state index contributed by atoms with van der Waals surface area (Å²) in [6.07, 6.45) is 3.42. The van der Waals surface area contributed by atoms with Crippen LogP contribution in [0.5, 0.6) is 0 Å². The van der Waals surface area contributed by atoms with E-state index in [4.69, 9.17) is 0 Å². The molecule has 24 heavy (non-hydrogen) atoms. The summed E-state index contributed by atoms with van der Waals surface area (Å²) in [6.45, 7) is 6.05. The molecule has 0 spiro atoms. The van der Waals surface area contributed by atoms with Crippen molar-refractivity contribution in [2.24, 2.45) is 0 Å². The first-order valence-electron chi connectivity index (χ1n) is 8.21. The number of fused-ring (bicyclic) bond motifs is 2. The van der Waals surface area contributed by atoms with Crippen LogP contribution < -0.4 is 15.5 Å². The fourth-order valence-electron chi connectivity index (χ4n) is 3.07. The van der Waals surface area contributed by atoms with Gasteiger partial charge < -0.3 is 15.5 Å². The van der Waals surface area contributed by atoms with Crippen LogP contribution in [-0.4, -0.2) is 28.2 Å². The topological polar surface area (TPSA) is 66.0 Å². The average molecular weight is 320 g/mol. The van der Waals surface area contributed by atoms with Gasteiger partial charge in [-0.1, -0.05) is 6.07 Å². The van der Waals surface area contributed by atoms with Gasteiger partial charge in [-0.25, -0.2) is 9.97 Å². The highest BCUT2D eigenvalue weighted by molar-refractivity contribution is 5.97. The Morgan fingerprint density at radius 3 is 2.96 bits per heavy atom. The van der Waals surface area contributed by atoms with Crippen molar-refractivity contribution in [1.29, 1.82) is 0 Å². The number of benzene rings is 1.